The molecule has 7 nitrogen and oxygen atoms in total. The van der Waals surface area contributed by atoms with Crippen LogP contribution in [0.4, 0.5) is 8.78 Å². The molecule has 2 heterocycles. The van der Waals surface area contributed by atoms with Crippen LogP contribution in [-0.2, 0) is 0 Å². The smallest absolute Gasteiger partial charge is 0.300 e. The van der Waals surface area contributed by atoms with Gasteiger partial charge in [0, 0.05) is 24.0 Å². The van der Waals surface area contributed by atoms with E-state index in [2.05, 4.69) is 10.2 Å². The third-order valence-electron chi connectivity index (χ3n) is 4.44. The van der Waals surface area contributed by atoms with Gasteiger partial charge in [-0.1, -0.05) is 11.8 Å². The number of carbonyl (C=O) groups excluding carboxylic acids is 1. The Morgan fingerprint density at radius 2 is 1.84 bits per heavy atom. The number of ketones is 1. The molecule has 10 heteroatoms. The zero-order chi connectivity index (χ0) is 22.0. The maximum Gasteiger partial charge on any atom is 0.300 e. The van der Waals surface area contributed by atoms with E-state index in [1.807, 2.05) is 6.92 Å². The highest BCUT2D eigenvalue weighted by molar-refractivity contribution is 7.99. The van der Waals surface area contributed by atoms with Crippen molar-refractivity contribution in [3.63, 3.8) is 0 Å². The van der Waals surface area contributed by atoms with Crippen LogP contribution in [0, 0.1) is 11.6 Å². The number of thioether (sulfide) groups is 1. The summed E-state index contributed by atoms with van der Waals surface area (Å²) in [5.41, 5.74) is 0.147. The van der Waals surface area contributed by atoms with Crippen molar-refractivity contribution >= 4 is 23.2 Å². The number of hydrogen-bond acceptors (Lipinski definition) is 6. The van der Waals surface area contributed by atoms with E-state index in [-0.39, 0.29) is 22.9 Å². The molecule has 0 aliphatic carbocycles. The molecule has 0 unspecified atom stereocenters. The van der Waals surface area contributed by atoms with E-state index in [9.17, 15) is 18.4 Å². The molecule has 31 heavy (non-hydrogen) atoms. The number of halogens is 2. The van der Waals surface area contributed by atoms with Gasteiger partial charge in [0.25, 0.3) is 0 Å². The molecule has 0 radical (unpaired) electrons. The number of rotatable bonds is 7. The van der Waals surface area contributed by atoms with Gasteiger partial charge in [0.1, 0.15) is 5.75 Å². The standard InChI is InChI=1S/C21H16F2N4O3S/c1-2-30-15-6-3-13(4-7-15)18(28)12-31-21-25-24-19-20(29)26(9-10-27(19)21)14-5-8-16(22)17(23)11-14/h3-11H,2,12H2,1H3. The Hall–Kier alpha value is -3.53. The van der Waals surface area contributed by atoms with E-state index in [0.717, 1.165) is 28.5 Å². The highest BCUT2D eigenvalue weighted by atomic mass is 32.2. The second-order valence-electron chi connectivity index (χ2n) is 6.42. The molecule has 0 fully saturated rings. The van der Waals surface area contributed by atoms with Crippen LogP contribution in [0.5, 0.6) is 5.75 Å². The van der Waals surface area contributed by atoms with Crippen LogP contribution in [-0.4, -0.2) is 37.3 Å². The fourth-order valence-electron chi connectivity index (χ4n) is 2.92. The molecule has 4 rings (SSSR count). The number of hydrogen-bond donors (Lipinski definition) is 0. The van der Waals surface area contributed by atoms with E-state index in [1.165, 1.54) is 22.9 Å². The summed E-state index contributed by atoms with van der Waals surface area (Å²) in [6, 6.07) is 10.0. The number of benzene rings is 2. The van der Waals surface area contributed by atoms with Gasteiger partial charge < -0.3 is 4.74 Å². The first kappa shape index (κ1) is 20.7. The highest BCUT2D eigenvalue weighted by Gasteiger charge is 2.15. The van der Waals surface area contributed by atoms with Gasteiger partial charge in [0.05, 0.1) is 18.0 Å². The third-order valence-corrected chi connectivity index (χ3v) is 5.38. The zero-order valence-corrected chi connectivity index (χ0v) is 17.1. The largest absolute Gasteiger partial charge is 0.494 e. The van der Waals surface area contributed by atoms with Crippen LogP contribution >= 0.6 is 11.8 Å². The van der Waals surface area contributed by atoms with Crippen molar-refractivity contribution in [1.82, 2.24) is 19.2 Å². The summed E-state index contributed by atoms with van der Waals surface area (Å²) in [7, 11) is 0. The van der Waals surface area contributed by atoms with Gasteiger partial charge >= 0.3 is 5.56 Å². The molecule has 2 aromatic carbocycles. The quantitative estimate of drug-likeness (QED) is 0.322. The number of ether oxygens (including phenoxy) is 1. The van der Waals surface area contributed by atoms with Crippen LogP contribution in [0.15, 0.2) is 64.8 Å². The minimum absolute atomic E-state index is 0.00301. The van der Waals surface area contributed by atoms with Gasteiger partial charge in [-0.15, -0.1) is 10.2 Å². The van der Waals surface area contributed by atoms with Gasteiger partial charge in [-0.2, -0.15) is 0 Å². The Kier molecular flexibility index (Phi) is 5.81. The van der Waals surface area contributed by atoms with E-state index in [1.54, 1.807) is 24.3 Å². The fourth-order valence-corrected chi connectivity index (χ4v) is 3.73. The molecule has 0 amide bonds. The molecule has 0 aliphatic rings. The molecular formula is C21H16F2N4O3S. The third kappa shape index (κ3) is 4.19. The lowest BCUT2D eigenvalue weighted by atomic mass is 10.1. The molecule has 0 N–H and O–H groups in total. The maximum atomic E-state index is 13.5. The molecule has 4 aromatic rings. The van der Waals surface area contributed by atoms with Crippen LogP contribution in [0.3, 0.4) is 0 Å². The predicted octanol–water partition coefficient (Wildman–Crippen LogP) is 3.53. The van der Waals surface area contributed by atoms with Gasteiger partial charge in [0.2, 0.25) is 5.65 Å². The van der Waals surface area contributed by atoms with Crippen LogP contribution < -0.4 is 10.3 Å². The Morgan fingerprint density at radius 3 is 2.55 bits per heavy atom. The zero-order valence-electron chi connectivity index (χ0n) is 16.3. The molecule has 0 bridgehead atoms. The van der Waals surface area contributed by atoms with Gasteiger partial charge in [-0.25, -0.2) is 8.78 Å². The number of nitrogens with zero attached hydrogens (tertiary/aromatic N) is 4. The van der Waals surface area contributed by atoms with Gasteiger partial charge in [0.15, 0.2) is 22.6 Å². The minimum Gasteiger partial charge on any atom is -0.494 e. The molecule has 158 valence electrons. The van der Waals surface area contributed by atoms with Gasteiger partial charge in [-0.05, 0) is 43.3 Å². The Morgan fingerprint density at radius 1 is 1.06 bits per heavy atom. The van der Waals surface area contributed by atoms with E-state index in [0.29, 0.717) is 23.1 Å². The van der Waals surface area contributed by atoms with Crippen molar-refractivity contribution < 1.29 is 18.3 Å². The molecule has 0 spiro atoms. The average molecular weight is 442 g/mol. The second-order valence-corrected chi connectivity index (χ2v) is 7.36. The molecule has 0 atom stereocenters. The first-order valence-corrected chi connectivity index (χ1v) is 10.3. The monoisotopic (exact) mass is 442 g/mol. The summed E-state index contributed by atoms with van der Waals surface area (Å²) in [5, 5.41) is 8.24. The second kappa shape index (κ2) is 8.68. The lowest BCUT2D eigenvalue weighted by molar-refractivity contribution is 0.102. The lowest BCUT2D eigenvalue weighted by Gasteiger charge is -2.07. The SMILES string of the molecule is CCOc1ccc(C(=O)CSc2nnc3c(=O)n(-c4ccc(F)c(F)c4)ccn23)cc1. The Balaban J connectivity index is 1.54. The molecule has 2 aromatic heterocycles. The number of Topliss-reactive ketones (excluding diaryl/α,β-unsaturated/α-hetero) is 1. The van der Waals surface area contributed by atoms with Crippen LogP contribution in [0.1, 0.15) is 17.3 Å². The van der Waals surface area contributed by atoms with Crippen LogP contribution in [0.25, 0.3) is 11.3 Å². The Labute approximate surface area is 179 Å². The summed E-state index contributed by atoms with van der Waals surface area (Å²) in [6.07, 6.45) is 2.94. The maximum absolute atomic E-state index is 13.5. The van der Waals surface area contributed by atoms with Crippen molar-refractivity contribution in [2.75, 3.05) is 12.4 Å². The number of aromatic nitrogens is 4. The topological polar surface area (TPSA) is 78.5 Å². The minimum atomic E-state index is -1.06. The molecule has 0 saturated carbocycles. The lowest BCUT2D eigenvalue weighted by Crippen LogP contribution is -2.20. The highest BCUT2D eigenvalue weighted by Crippen LogP contribution is 2.19. The summed E-state index contributed by atoms with van der Waals surface area (Å²) in [4.78, 5) is 25.2. The fraction of sp³-hybridized carbons (Fsp3) is 0.143. The van der Waals surface area contributed by atoms with Crippen molar-refractivity contribution in [1.29, 1.82) is 0 Å². The summed E-state index contributed by atoms with van der Waals surface area (Å²) < 4.78 is 34.7. The summed E-state index contributed by atoms with van der Waals surface area (Å²) in [6.45, 7) is 2.42. The van der Waals surface area contributed by atoms with E-state index >= 15 is 0 Å². The summed E-state index contributed by atoms with van der Waals surface area (Å²) in [5.74, 6) is -1.39. The molecule has 0 saturated heterocycles. The first-order chi connectivity index (χ1) is 15.0. The van der Waals surface area contributed by atoms with E-state index < -0.39 is 17.2 Å². The van der Waals surface area contributed by atoms with Gasteiger partial charge in [-0.3, -0.25) is 18.6 Å². The number of fused-ring (bicyclic) bond motifs is 1. The van der Waals surface area contributed by atoms with E-state index in [4.69, 9.17) is 4.74 Å². The number of carbonyl (C=O) groups is 1. The van der Waals surface area contributed by atoms with Crippen molar-refractivity contribution in [3.05, 3.63) is 82.4 Å². The molecule has 0 aliphatic heterocycles. The summed E-state index contributed by atoms with van der Waals surface area (Å²) >= 11 is 1.14. The normalized spacial score (nSPS) is 11.1. The Bertz CT molecular complexity index is 1320. The van der Waals surface area contributed by atoms with Crippen molar-refractivity contribution in [2.45, 2.75) is 12.1 Å². The van der Waals surface area contributed by atoms with Crippen molar-refractivity contribution in [3.8, 4) is 11.4 Å². The molecular weight excluding hydrogens is 426 g/mol. The average Bonchev–Trinajstić information content (AvgIpc) is 3.19. The van der Waals surface area contributed by atoms with Crippen LogP contribution in [0.2, 0.25) is 0 Å². The predicted molar refractivity (Wildman–Crippen MR) is 111 cm³/mol. The van der Waals surface area contributed by atoms with Crippen molar-refractivity contribution in [2.24, 2.45) is 0 Å². The first-order valence-electron chi connectivity index (χ1n) is 9.28.